The fourth-order valence-corrected chi connectivity index (χ4v) is 3.08. The lowest BCUT2D eigenvalue weighted by molar-refractivity contribution is -0.141. The number of hydrogen-bond donors (Lipinski definition) is 1. The molecule has 0 saturated carbocycles. The molecule has 1 N–H and O–H groups in total. The number of halogens is 4. The van der Waals surface area contributed by atoms with Gasteiger partial charge in [0.05, 0.1) is 5.69 Å². The second-order valence-electron chi connectivity index (χ2n) is 5.97. The normalized spacial score (nSPS) is 19.0. The molecule has 1 aliphatic rings. The van der Waals surface area contributed by atoms with E-state index in [-0.39, 0.29) is 11.9 Å². The standard InChI is InChI=1S/C16H17BrF3N5/c17-11-3-4-12(21-7-11)8-25-5-1-2-13(9-25)24-15-6-14(16(18,19)20)22-10-23-15/h3-4,6-7,10,13H,1-2,5,8-9H2,(H,22,23,24). The molecule has 1 aliphatic heterocycles. The zero-order valence-corrected chi connectivity index (χ0v) is 14.9. The van der Waals surface area contributed by atoms with Crippen LogP contribution in [0.1, 0.15) is 24.2 Å². The number of nitrogens with one attached hydrogen (secondary N) is 1. The van der Waals surface area contributed by atoms with Gasteiger partial charge < -0.3 is 5.32 Å². The first-order valence-corrected chi connectivity index (χ1v) is 8.68. The molecule has 25 heavy (non-hydrogen) atoms. The van der Waals surface area contributed by atoms with Gasteiger partial charge in [-0.15, -0.1) is 0 Å². The molecular formula is C16H17BrF3N5. The Hall–Kier alpha value is -1.74. The second kappa shape index (κ2) is 7.65. The van der Waals surface area contributed by atoms with Crippen LogP contribution in [0.3, 0.4) is 0 Å². The predicted molar refractivity (Wildman–Crippen MR) is 90.9 cm³/mol. The number of aromatic nitrogens is 3. The van der Waals surface area contributed by atoms with Crippen molar-refractivity contribution < 1.29 is 13.2 Å². The molecule has 0 aromatic carbocycles. The molecule has 3 rings (SSSR count). The van der Waals surface area contributed by atoms with Gasteiger partial charge in [0.1, 0.15) is 17.8 Å². The maximum absolute atomic E-state index is 12.7. The summed E-state index contributed by atoms with van der Waals surface area (Å²) in [6.45, 7) is 2.37. The average Bonchev–Trinajstić information content (AvgIpc) is 2.57. The molecule has 0 bridgehead atoms. The van der Waals surface area contributed by atoms with Crippen molar-refractivity contribution in [3.63, 3.8) is 0 Å². The third kappa shape index (κ3) is 5.12. The Morgan fingerprint density at radius 1 is 1.24 bits per heavy atom. The molecule has 1 saturated heterocycles. The minimum atomic E-state index is -4.47. The molecular weight excluding hydrogens is 399 g/mol. The van der Waals surface area contributed by atoms with E-state index in [0.717, 1.165) is 48.5 Å². The highest BCUT2D eigenvalue weighted by atomic mass is 79.9. The third-order valence-electron chi connectivity index (χ3n) is 3.99. The molecule has 5 nitrogen and oxygen atoms in total. The van der Waals surface area contributed by atoms with Crippen LogP contribution in [-0.2, 0) is 12.7 Å². The number of anilines is 1. The summed E-state index contributed by atoms with van der Waals surface area (Å²) in [6.07, 6.45) is 0.0817. The molecule has 134 valence electrons. The SMILES string of the molecule is FC(F)(F)c1cc(NC2CCCN(Cc3ccc(Br)cn3)C2)ncn1. The topological polar surface area (TPSA) is 53.9 Å². The van der Waals surface area contributed by atoms with E-state index in [1.54, 1.807) is 6.20 Å². The smallest absolute Gasteiger partial charge is 0.366 e. The molecule has 0 aliphatic carbocycles. The molecule has 1 unspecified atom stereocenters. The fourth-order valence-electron chi connectivity index (χ4n) is 2.85. The second-order valence-corrected chi connectivity index (χ2v) is 6.89. The first kappa shape index (κ1) is 18.1. The Morgan fingerprint density at radius 2 is 2.08 bits per heavy atom. The predicted octanol–water partition coefficient (Wildman–Crippen LogP) is 3.73. The minimum absolute atomic E-state index is 0.0418. The van der Waals surface area contributed by atoms with Crippen LogP contribution in [0, 0.1) is 0 Å². The van der Waals surface area contributed by atoms with Crippen LogP contribution in [0.4, 0.5) is 19.0 Å². The lowest BCUT2D eigenvalue weighted by Crippen LogP contribution is -2.41. The van der Waals surface area contributed by atoms with Gasteiger partial charge in [-0.3, -0.25) is 9.88 Å². The van der Waals surface area contributed by atoms with Crippen molar-refractivity contribution in [2.24, 2.45) is 0 Å². The lowest BCUT2D eigenvalue weighted by atomic mass is 10.1. The van der Waals surface area contributed by atoms with E-state index in [1.165, 1.54) is 0 Å². The first-order valence-electron chi connectivity index (χ1n) is 7.89. The van der Waals surface area contributed by atoms with E-state index in [9.17, 15) is 13.2 Å². The highest BCUT2D eigenvalue weighted by Crippen LogP contribution is 2.28. The summed E-state index contributed by atoms with van der Waals surface area (Å²) >= 11 is 3.36. The van der Waals surface area contributed by atoms with E-state index >= 15 is 0 Å². The number of piperidine rings is 1. The number of pyridine rings is 1. The van der Waals surface area contributed by atoms with Crippen LogP contribution in [0.5, 0.6) is 0 Å². The van der Waals surface area contributed by atoms with Crippen LogP contribution < -0.4 is 5.32 Å². The van der Waals surface area contributed by atoms with Crippen LogP contribution in [0.25, 0.3) is 0 Å². The first-order chi connectivity index (χ1) is 11.9. The fraction of sp³-hybridized carbons (Fsp3) is 0.438. The van der Waals surface area contributed by atoms with Gasteiger partial charge in [0.25, 0.3) is 0 Å². The van der Waals surface area contributed by atoms with Crippen LogP contribution in [-0.4, -0.2) is 39.0 Å². The van der Waals surface area contributed by atoms with Crippen molar-refractivity contribution in [1.29, 1.82) is 0 Å². The molecule has 0 amide bonds. The zero-order chi connectivity index (χ0) is 17.9. The Morgan fingerprint density at radius 3 is 2.80 bits per heavy atom. The van der Waals surface area contributed by atoms with Crippen LogP contribution >= 0.6 is 15.9 Å². The maximum atomic E-state index is 12.7. The van der Waals surface area contributed by atoms with Crippen LogP contribution in [0.2, 0.25) is 0 Å². The molecule has 1 fully saturated rings. The number of hydrogen-bond acceptors (Lipinski definition) is 5. The summed E-state index contributed by atoms with van der Waals surface area (Å²) in [5.74, 6) is 0.205. The largest absolute Gasteiger partial charge is 0.433 e. The summed E-state index contributed by atoms with van der Waals surface area (Å²) in [6, 6.07) is 4.90. The maximum Gasteiger partial charge on any atom is 0.433 e. The van der Waals surface area contributed by atoms with Gasteiger partial charge in [0, 0.05) is 35.9 Å². The molecule has 1 atom stereocenters. The molecule has 0 radical (unpaired) electrons. The monoisotopic (exact) mass is 415 g/mol. The van der Waals surface area contributed by atoms with Crippen molar-refractivity contribution in [2.75, 3.05) is 18.4 Å². The van der Waals surface area contributed by atoms with E-state index in [4.69, 9.17) is 0 Å². The molecule has 2 aromatic rings. The van der Waals surface area contributed by atoms with E-state index < -0.39 is 11.9 Å². The van der Waals surface area contributed by atoms with Crippen molar-refractivity contribution in [2.45, 2.75) is 31.6 Å². The Balaban J connectivity index is 1.61. The average molecular weight is 416 g/mol. The van der Waals surface area contributed by atoms with Gasteiger partial charge in [-0.2, -0.15) is 13.2 Å². The highest BCUT2D eigenvalue weighted by Gasteiger charge is 2.33. The van der Waals surface area contributed by atoms with E-state index in [1.807, 2.05) is 12.1 Å². The van der Waals surface area contributed by atoms with Gasteiger partial charge in [0.2, 0.25) is 0 Å². The van der Waals surface area contributed by atoms with Crippen molar-refractivity contribution in [3.05, 3.63) is 46.6 Å². The van der Waals surface area contributed by atoms with Crippen LogP contribution in [0.15, 0.2) is 35.2 Å². The van der Waals surface area contributed by atoms with E-state index in [0.29, 0.717) is 6.54 Å². The third-order valence-corrected chi connectivity index (χ3v) is 4.46. The molecule has 3 heterocycles. The number of likely N-dealkylation sites (tertiary alicyclic amines) is 1. The van der Waals surface area contributed by atoms with Gasteiger partial charge in [0.15, 0.2) is 0 Å². The zero-order valence-electron chi connectivity index (χ0n) is 13.3. The van der Waals surface area contributed by atoms with Crippen molar-refractivity contribution >= 4 is 21.7 Å². The summed E-state index contributed by atoms with van der Waals surface area (Å²) in [7, 11) is 0. The summed E-state index contributed by atoms with van der Waals surface area (Å²) in [5, 5.41) is 3.10. The quantitative estimate of drug-likeness (QED) is 0.824. The summed E-state index contributed by atoms with van der Waals surface area (Å²) in [5.41, 5.74) is 0.0296. The van der Waals surface area contributed by atoms with Gasteiger partial charge in [-0.1, -0.05) is 0 Å². The van der Waals surface area contributed by atoms with Gasteiger partial charge in [-0.05, 0) is 47.4 Å². The lowest BCUT2D eigenvalue weighted by Gasteiger charge is -2.33. The Labute approximate surface area is 151 Å². The highest BCUT2D eigenvalue weighted by molar-refractivity contribution is 9.10. The van der Waals surface area contributed by atoms with E-state index in [2.05, 4.69) is 41.1 Å². The van der Waals surface area contributed by atoms with Gasteiger partial charge >= 0.3 is 6.18 Å². The van der Waals surface area contributed by atoms with Crippen molar-refractivity contribution in [3.8, 4) is 0 Å². The van der Waals surface area contributed by atoms with Crippen molar-refractivity contribution in [1.82, 2.24) is 19.9 Å². The molecule has 9 heteroatoms. The number of nitrogens with zero attached hydrogens (tertiary/aromatic N) is 4. The van der Waals surface area contributed by atoms with Gasteiger partial charge in [-0.25, -0.2) is 9.97 Å². The minimum Gasteiger partial charge on any atom is -0.366 e. The number of rotatable bonds is 4. The number of alkyl halides is 3. The summed E-state index contributed by atoms with van der Waals surface area (Å²) < 4.78 is 39.2. The Bertz CT molecular complexity index is 708. The Kier molecular flexibility index (Phi) is 5.53. The molecule has 0 spiro atoms. The summed E-state index contributed by atoms with van der Waals surface area (Å²) in [4.78, 5) is 13.8. The molecule has 2 aromatic heterocycles.